The van der Waals surface area contributed by atoms with Gasteiger partial charge in [-0.05, 0) is 19.8 Å². The summed E-state index contributed by atoms with van der Waals surface area (Å²) in [6.07, 6.45) is 6.61. The van der Waals surface area contributed by atoms with Crippen molar-refractivity contribution in [2.75, 3.05) is 6.61 Å². The van der Waals surface area contributed by atoms with E-state index in [4.69, 9.17) is 9.99 Å². The van der Waals surface area contributed by atoms with Crippen LogP contribution in [0.2, 0.25) is 0 Å². The summed E-state index contributed by atoms with van der Waals surface area (Å²) in [5.41, 5.74) is -0.713. The number of hydrogen-bond acceptors (Lipinski definition) is 4. The fourth-order valence-corrected chi connectivity index (χ4v) is 1.54. The van der Waals surface area contributed by atoms with Crippen LogP contribution in [-0.4, -0.2) is 23.4 Å². The highest BCUT2D eigenvalue weighted by Gasteiger charge is 2.27. The van der Waals surface area contributed by atoms with Crippen LogP contribution in [0, 0.1) is 0 Å². The predicted molar refractivity (Wildman–Crippen MR) is 66.7 cm³/mol. The van der Waals surface area contributed by atoms with Gasteiger partial charge >= 0.3 is 5.97 Å². The quantitative estimate of drug-likeness (QED) is 0.277. The molecule has 0 heterocycles. The van der Waals surface area contributed by atoms with Crippen LogP contribution in [0.15, 0.2) is 0 Å². The molecule has 0 saturated carbocycles. The molecule has 102 valence electrons. The van der Waals surface area contributed by atoms with E-state index in [9.17, 15) is 4.79 Å². The van der Waals surface area contributed by atoms with E-state index in [1.165, 1.54) is 19.3 Å². The summed E-state index contributed by atoms with van der Waals surface area (Å²) in [6, 6.07) is 0. The van der Waals surface area contributed by atoms with Crippen LogP contribution >= 0.6 is 0 Å². The first-order chi connectivity index (χ1) is 8.08. The van der Waals surface area contributed by atoms with Gasteiger partial charge in [-0.2, -0.15) is 0 Å². The van der Waals surface area contributed by atoms with E-state index in [-0.39, 0.29) is 12.6 Å². The maximum absolute atomic E-state index is 11.6. The van der Waals surface area contributed by atoms with Gasteiger partial charge in [0.25, 0.3) is 0 Å². The van der Waals surface area contributed by atoms with Crippen molar-refractivity contribution in [3.8, 4) is 0 Å². The van der Waals surface area contributed by atoms with Crippen LogP contribution < -0.4 is 0 Å². The number of ether oxygens (including phenoxy) is 1. The Balaban J connectivity index is 3.75. The average Bonchev–Trinajstić information content (AvgIpc) is 2.29. The molecule has 4 nitrogen and oxygen atoms in total. The second-order valence-electron chi connectivity index (χ2n) is 4.72. The van der Waals surface area contributed by atoms with E-state index in [0.717, 1.165) is 12.8 Å². The molecule has 0 spiro atoms. The molecule has 1 unspecified atom stereocenters. The molecule has 0 bridgehead atoms. The van der Waals surface area contributed by atoms with Crippen LogP contribution in [0.4, 0.5) is 0 Å². The van der Waals surface area contributed by atoms with Crippen molar-refractivity contribution in [2.24, 2.45) is 0 Å². The van der Waals surface area contributed by atoms with Crippen molar-refractivity contribution in [3.05, 3.63) is 0 Å². The van der Waals surface area contributed by atoms with E-state index in [0.29, 0.717) is 12.8 Å². The smallest absolute Gasteiger partial charge is 0.306 e. The molecule has 0 aromatic rings. The lowest BCUT2D eigenvalue weighted by molar-refractivity contribution is -0.273. The second-order valence-corrected chi connectivity index (χ2v) is 4.72. The minimum atomic E-state index is -0.713. The molecule has 0 aromatic heterocycles. The van der Waals surface area contributed by atoms with Crippen molar-refractivity contribution >= 4 is 5.97 Å². The minimum Gasteiger partial charge on any atom is -0.457 e. The van der Waals surface area contributed by atoms with Gasteiger partial charge in [-0.25, -0.2) is 4.89 Å². The normalized spacial score (nSPS) is 14.4. The molecule has 0 radical (unpaired) electrons. The van der Waals surface area contributed by atoms with Gasteiger partial charge in [-0.15, -0.1) is 0 Å². The topological polar surface area (TPSA) is 55.8 Å². The number of unbranched alkanes of at least 4 members (excludes halogenated alkanes) is 4. The molecule has 0 rings (SSSR count). The molecule has 4 heteroatoms. The van der Waals surface area contributed by atoms with Gasteiger partial charge in [-0.3, -0.25) is 10.1 Å². The van der Waals surface area contributed by atoms with Crippen molar-refractivity contribution in [3.63, 3.8) is 0 Å². The zero-order valence-corrected chi connectivity index (χ0v) is 11.3. The summed E-state index contributed by atoms with van der Waals surface area (Å²) in [5.74, 6) is -0.206. The Bertz CT molecular complexity index is 206. The molecule has 0 amide bonds. The third-order valence-corrected chi connectivity index (χ3v) is 2.96. The van der Waals surface area contributed by atoms with Crippen LogP contribution in [0.25, 0.3) is 0 Å². The highest BCUT2D eigenvalue weighted by atomic mass is 17.1. The summed E-state index contributed by atoms with van der Waals surface area (Å²) in [7, 11) is 0. The van der Waals surface area contributed by atoms with Gasteiger partial charge < -0.3 is 4.74 Å². The Morgan fingerprint density at radius 3 is 2.35 bits per heavy atom. The third kappa shape index (κ3) is 8.16. The maximum atomic E-state index is 11.6. The zero-order chi connectivity index (χ0) is 13.1. The summed E-state index contributed by atoms with van der Waals surface area (Å²) < 4.78 is 5.31. The van der Waals surface area contributed by atoms with Gasteiger partial charge in [-0.1, -0.05) is 39.5 Å². The maximum Gasteiger partial charge on any atom is 0.306 e. The van der Waals surface area contributed by atoms with Crippen molar-refractivity contribution in [2.45, 2.75) is 71.3 Å². The molecule has 17 heavy (non-hydrogen) atoms. The summed E-state index contributed by atoms with van der Waals surface area (Å²) in [5, 5.41) is 8.43. The average molecular weight is 246 g/mol. The number of rotatable bonds is 10. The Hall–Kier alpha value is -0.610. The fourth-order valence-electron chi connectivity index (χ4n) is 1.54. The van der Waals surface area contributed by atoms with Crippen molar-refractivity contribution < 1.29 is 19.7 Å². The predicted octanol–water partition coefficient (Wildman–Crippen LogP) is 3.55. The molecule has 0 fully saturated rings. The first-order valence-corrected chi connectivity index (χ1v) is 6.56. The Kier molecular flexibility index (Phi) is 9.09. The fraction of sp³-hybridized carbons (Fsp3) is 0.923. The molecule has 0 aliphatic carbocycles. The number of esters is 1. The summed E-state index contributed by atoms with van der Waals surface area (Å²) in [6.45, 7) is 5.84. The molecule has 0 aromatic carbocycles. The van der Waals surface area contributed by atoms with E-state index < -0.39 is 5.60 Å². The first-order valence-electron chi connectivity index (χ1n) is 6.56. The van der Waals surface area contributed by atoms with Crippen LogP contribution in [-0.2, 0) is 14.4 Å². The van der Waals surface area contributed by atoms with E-state index in [1.807, 2.05) is 6.92 Å². The van der Waals surface area contributed by atoms with Crippen LogP contribution in [0.5, 0.6) is 0 Å². The van der Waals surface area contributed by atoms with Gasteiger partial charge in [0.15, 0.2) is 0 Å². The van der Waals surface area contributed by atoms with E-state index >= 15 is 0 Å². The molecule has 1 N–H and O–H groups in total. The summed E-state index contributed by atoms with van der Waals surface area (Å²) >= 11 is 0. The van der Waals surface area contributed by atoms with Crippen molar-refractivity contribution in [1.82, 2.24) is 0 Å². The zero-order valence-electron chi connectivity index (χ0n) is 11.3. The van der Waals surface area contributed by atoms with Crippen LogP contribution in [0.3, 0.4) is 0 Å². The number of carbonyl (C=O) groups is 1. The number of hydrogen-bond donors (Lipinski definition) is 1. The lowest BCUT2D eigenvalue weighted by atomic mass is 10.0. The SMILES string of the molecule is CCCCCCCC(=O)OC(C)(CC)COO. The molecular weight excluding hydrogens is 220 g/mol. The largest absolute Gasteiger partial charge is 0.457 e. The van der Waals surface area contributed by atoms with Gasteiger partial charge in [0.1, 0.15) is 12.2 Å². The van der Waals surface area contributed by atoms with Gasteiger partial charge in [0.2, 0.25) is 0 Å². The minimum absolute atomic E-state index is 0.0189. The Morgan fingerprint density at radius 2 is 1.82 bits per heavy atom. The summed E-state index contributed by atoms with van der Waals surface area (Å²) in [4.78, 5) is 15.6. The third-order valence-electron chi connectivity index (χ3n) is 2.96. The van der Waals surface area contributed by atoms with E-state index in [1.54, 1.807) is 6.92 Å². The lowest BCUT2D eigenvalue weighted by Crippen LogP contribution is -2.35. The van der Waals surface area contributed by atoms with Gasteiger partial charge in [0, 0.05) is 6.42 Å². The Labute approximate surface area is 104 Å². The van der Waals surface area contributed by atoms with Gasteiger partial charge in [0.05, 0.1) is 0 Å². The number of carbonyl (C=O) groups excluding carboxylic acids is 1. The molecule has 0 aliphatic rings. The van der Waals surface area contributed by atoms with E-state index in [2.05, 4.69) is 11.8 Å². The molecule has 0 aliphatic heterocycles. The molecule has 0 saturated heterocycles. The highest BCUT2D eigenvalue weighted by Crippen LogP contribution is 2.17. The lowest BCUT2D eigenvalue weighted by Gasteiger charge is -2.26. The van der Waals surface area contributed by atoms with Crippen molar-refractivity contribution in [1.29, 1.82) is 0 Å². The second kappa shape index (κ2) is 9.42. The Morgan fingerprint density at radius 1 is 1.18 bits per heavy atom. The molecular formula is C13H26O4. The van der Waals surface area contributed by atoms with Crippen LogP contribution in [0.1, 0.15) is 65.7 Å². The molecule has 1 atom stereocenters. The standard InChI is InChI=1S/C13H26O4/c1-4-6-7-8-9-10-12(14)17-13(3,5-2)11-16-15/h15H,4-11H2,1-3H3. The monoisotopic (exact) mass is 246 g/mol. The first kappa shape index (κ1) is 16.4. The highest BCUT2D eigenvalue weighted by molar-refractivity contribution is 5.69.